The minimum absolute atomic E-state index is 0.132. The first-order chi connectivity index (χ1) is 14.8. The zero-order valence-corrected chi connectivity index (χ0v) is 16.6. The van der Waals surface area contributed by atoms with Gasteiger partial charge in [0.05, 0.1) is 13.7 Å². The standard InChI is InChI=1S/C21H24O10/c1-28-11-5-7-12(8-6-11)29-10-14(24)17-13(23)3-2-4-15(17)30-21-20(27)19(26)18(25)16(9-22)31-21/h2-8,16,18-23,25-27H,9-10H2,1H3/t16-,18-,19+,20-,21-/m1/s1. The van der Waals surface area contributed by atoms with Crippen molar-refractivity contribution in [1.82, 2.24) is 0 Å². The van der Waals surface area contributed by atoms with Gasteiger partial charge >= 0.3 is 0 Å². The number of rotatable bonds is 8. The number of aliphatic hydroxyl groups excluding tert-OH is 4. The Hall–Kier alpha value is -2.89. The number of carbonyl (C=O) groups is 1. The molecule has 1 heterocycles. The molecule has 0 unspecified atom stereocenters. The second-order valence-corrected chi connectivity index (χ2v) is 6.85. The summed E-state index contributed by atoms with van der Waals surface area (Å²) in [5.74, 6) is -0.109. The van der Waals surface area contributed by atoms with Gasteiger partial charge in [-0.05, 0) is 36.4 Å². The summed E-state index contributed by atoms with van der Waals surface area (Å²) in [5.41, 5.74) is -0.215. The van der Waals surface area contributed by atoms with E-state index in [0.717, 1.165) is 0 Å². The number of Topliss-reactive ketones (excluding diaryl/α,β-unsaturated/α-hetero) is 1. The maximum Gasteiger partial charge on any atom is 0.229 e. The zero-order valence-electron chi connectivity index (χ0n) is 16.6. The number of ether oxygens (including phenoxy) is 4. The van der Waals surface area contributed by atoms with Crippen LogP contribution in [0.25, 0.3) is 0 Å². The van der Waals surface area contributed by atoms with Gasteiger partial charge in [-0.15, -0.1) is 0 Å². The summed E-state index contributed by atoms with van der Waals surface area (Å²) in [4.78, 5) is 12.7. The molecule has 2 aromatic rings. The van der Waals surface area contributed by atoms with Crippen molar-refractivity contribution in [3.05, 3.63) is 48.0 Å². The summed E-state index contributed by atoms with van der Waals surface area (Å²) in [6.07, 6.45) is -7.56. The van der Waals surface area contributed by atoms with E-state index in [1.807, 2.05) is 0 Å². The lowest BCUT2D eigenvalue weighted by molar-refractivity contribution is -0.277. The van der Waals surface area contributed by atoms with Crippen LogP contribution in [-0.2, 0) is 4.74 Å². The Balaban J connectivity index is 1.75. The quantitative estimate of drug-likeness (QED) is 0.353. The molecule has 10 nitrogen and oxygen atoms in total. The van der Waals surface area contributed by atoms with Gasteiger partial charge in [0.1, 0.15) is 53.0 Å². The molecule has 2 aromatic carbocycles. The number of hydrogen-bond acceptors (Lipinski definition) is 10. The number of hydrogen-bond donors (Lipinski definition) is 5. The van der Waals surface area contributed by atoms with E-state index < -0.39 is 49.7 Å². The maximum atomic E-state index is 12.7. The second-order valence-electron chi connectivity index (χ2n) is 6.85. The van der Waals surface area contributed by atoms with E-state index in [9.17, 15) is 30.3 Å². The molecule has 0 aliphatic carbocycles. The number of methoxy groups -OCH3 is 1. The molecule has 31 heavy (non-hydrogen) atoms. The Bertz CT molecular complexity index is 882. The van der Waals surface area contributed by atoms with Gasteiger partial charge in [0.2, 0.25) is 12.1 Å². The van der Waals surface area contributed by atoms with Crippen LogP contribution in [0.5, 0.6) is 23.0 Å². The molecule has 168 valence electrons. The summed E-state index contributed by atoms with van der Waals surface area (Å²) in [6.45, 7) is -1.05. The molecular weight excluding hydrogens is 412 g/mol. The molecule has 0 radical (unpaired) electrons. The lowest BCUT2D eigenvalue weighted by atomic mass is 9.99. The fourth-order valence-electron chi connectivity index (χ4n) is 3.08. The first-order valence-corrected chi connectivity index (χ1v) is 9.45. The first kappa shape index (κ1) is 22.8. The monoisotopic (exact) mass is 436 g/mol. The number of phenols is 1. The van der Waals surface area contributed by atoms with Crippen molar-refractivity contribution in [1.29, 1.82) is 0 Å². The van der Waals surface area contributed by atoms with E-state index >= 15 is 0 Å². The normalized spacial score (nSPS) is 25.6. The van der Waals surface area contributed by atoms with E-state index in [4.69, 9.17) is 18.9 Å². The van der Waals surface area contributed by atoms with Crippen LogP contribution in [0.2, 0.25) is 0 Å². The molecule has 0 saturated carbocycles. The number of aromatic hydroxyl groups is 1. The predicted octanol–water partition coefficient (Wildman–Crippen LogP) is -0.159. The topological polar surface area (TPSA) is 155 Å². The highest BCUT2D eigenvalue weighted by Crippen LogP contribution is 2.32. The fourth-order valence-corrected chi connectivity index (χ4v) is 3.08. The van der Waals surface area contributed by atoms with Crippen molar-refractivity contribution < 1.29 is 49.3 Å². The van der Waals surface area contributed by atoms with Crippen LogP contribution < -0.4 is 14.2 Å². The minimum atomic E-state index is -1.67. The van der Waals surface area contributed by atoms with Crippen LogP contribution in [0.15, 0.2) is 42.5 Å². The third kappa shape index (κ3) is 5.06. The summed E-state index contributed by atoms with van der Waals surface area (Å²) < 4.78 is 21.3. The van der Waals surface area contributed by atoms with E-state index in [1.165, 1.54) is 25.3 Å². The Kier molecular flexibility index (Phi) is 7.31. The Morgan fingerprint density at radius 1 is 1.00 bits per heavy atom. The van der Waals surface area contributed by atoms with Crippen LogP contribution in [-0.4, -0.2) is 82.3 Å². The van der Waals surface area contributed by atoms with Gasteiger partial charge in [-0.1, -0.05) is 6.07 Å². The van der Waals surface area contributed by atoms with E-state index in [0.29, 0.717) is 11.5 Å². The number of benzene rings is 2. The molecule has 0 aromatic heterocycles. The summed E-state index contributed by atoms with van der Waals surface area (Å²) in [6, 6.07) is 10.6. The predicted molar refractivity (Wildman–Crippen MR) is 105 cm³/mol. The van der Waals surface area contributed by atoms with E-state index in [1.54, 1.807) is 24.3 Å². The minimum Gasteiger partial charge on any atom is -0.507 e. The second kappa shape index (κ2) is 9.94. The van der Waals surface area contributed by atoms with Crippen LogP contribution in [0.1, 0.15) is 10.4 Å². The van der Waals surface area contributed by atoms with Crippen molar-refractivity contribution >= 4 is 5.78 Å². The molecule has 1 aliphatic heterocycles. The highest BCUT2D eigenvalue weighted by molar-refractivity contribution is 6.02. The fraction of sp³-hybridized carbons (Fsp3) is 0.381. The number of phenolic OH excluding ortho intramolecular Hbond substituents is 1. The van der Waals surface area contributed by atoms with Crippen molar-refractivity contribution in [2.45, 2.75) is 30.7 Å². The molecule has 0 bridgehead atoms. The van der Waals surface area contributed by atoms with Crippen molar-refractivity contribution in [2.75, 3.05) is 20.3 Å². The van der Waals surface area contributed by atoms with Gasteiger partial charge in [0.15, 0.2) is 6.61 Å². The molecule has 1 aliphatic rings. The van der Waals surface area contributed by atoms with Gasteiger partial charge in [-0.2, -0.15) is 0 Å². The molecule has 5 N–H and O–H groups in total. The number of ketones is 1. The average Bonchev–Trinajstić information content (AvgIpc) is 2.78. The molecule has 3 rings (SSSR count). The Morgan fingerprint density at radius 3 is 2.32 bits per heavy atom. The molecule has 10 heteroatoms. The van der Waals surface area contributed by atoms with Gasteiger partial charge in [0.25, 0.3) is 0 Å². The third-order valence-electron chi connectivity index (χ3n) is 4.80. The molecular formula is C21H24O10. The molecule has 1 fully saturated rings. The average molecular weight is 436 g/mol. The lowest BCUT2D eigenvalue weighted by Gasteiger charge is -2.39. The van der Waals surface area contributed by atoms with Crippen LogP contribution in [0.3, 0.4) is 0 Å². The smallest absolute Gasteiger partial charge is 0.229 e. The van der Waals surface area contributed by atoms with Gasteiger partial charge in [-0.3, -0.25) is 4.79 Å². The van der Waals surface area contributed by atoms with Crippen molar-refractivity contribution in [2.24, 2.45) is 0 Å². The lowest BCUT2D eigenvalue weighted by Crippen LogP contribution is -2.60. The number of aliphatic hydroxyl groups is 4. The Morgan fingerprint density at radius 2 is 1.68 bits per heavy atom. The largest absolute Gasteiger partial charge is 0.507 e. The van der Waals surface area contributed by atoms with Gasteiger partial charge in [-0.25, -0.2) is 0 Å². The van der Waals surface area contributed by atoms with E-state index in [2.05, 4.69) is 0 Å². The van der Waals surface area contributed by atoms with Crippen LogP contribution in [0.4, 0.5) is 0 Å². The van der Waals surface area contributed by atoms with Crippen LogP contribution >= 0.6 is 0 Å². The molecule has 1 saturated heterocycles. The van der Waals surface area contributed by atoms with E-state index in [-0.39, 0.29) is 17.1 Å². The Labute approximate surface area is 177 Å². The van der Waals surface area contributed by atoms with Gasteiger partial charge < -0.3 is 44.5 Å². The van der Waals surface area contributed by atoms with Gasteiger partial charge in [0, 0.05) is 0 Å². The third-order valence-corrected chi connectivity index (χ3v) is 4.80. The summed E-state index contributed by atoms with van der Waals surface area (Å²) >= 11 is 0. The molecule has 0 amide bonds. The first-order valence-electron chi connectivity index (χ1n) is 9.45. The molecule has 5 atom stereocenters. The van der Waals surface area contributed by atoms with Crippen LogP contribution in [0, 0.1) is 0 Å². The van der Waals surface area contributed by atoms with Crippen molar-refractivity contribution in [3.63, 3.8) is 0 Å². The highest BCUT2D eigenvalue weighted by atomic mass is 16.7. The van der Waals surface area contributed by atoms with Crippen molar-refractivity contribution in [3.8, 4) is 23.0 Å². The summed E-state index contributed by atoms with van der Waals surface area (Å²) in [5, 5.41) is 49.4. The highest BCUT2D eigenvalue weighted by Gasteiger charge is 2.45. The SMILES string of the molecule is COc1ccc(OCC(=O)c2c(O)cccc2O[C@@H]2O[C@H](CO)[C@@H](O)[C@H](O)[C@H]2O)cc1. The number of carbonyl (C=O) groups excluding carboxylic acids is 1. The zero-order chi connectivity index (χ0) is 22.5. The maximum absolute atomic E-state index is 12.7. The summed E-state index contributed by atoms with van der Waals surface area (Å²) in [7, 11) is 1.52. The molecule has 0 spiro atoms.